The van der Waals surface area contributed by atoms with Gasteiger partial charge in [0.1, 0.15) is 5.82 Å². The van der Waals surface area contributed by atoms with Gasteiger partial charge in [-0.25, -0.2) is 4.98 Å². The highest BCUT2D eigenvalue weighted by molar-refractivity contribution is 5.94. The van der Waals surface area contributed by atoms with Crippen molar-refractivity contribution in [1.29, 1.82) is 0 Å². The molecular formula is C15H23N3O2. The number of pyridine rings is 1. The van der Waals surface area contributed by atoms with E-state index in [1.165, 1.54) is 0 Å². The predicted octanol–water partition coefficient (Wildman–Crippen LogP) is 1.75. The number of likely N-dealkylation sites (tertiary alicyclic amines) is 1. The van der Waals surface area contributed by atoms with Crippen LogP contribution in [0.5, 0.6) is 0 Å². The second-order valence-corrected chi connectivity index (χ2v) is 5.44. The van der Waals surface area contributed by atoms with E-state index in [4.69, 9.17) is 0 Å². The number of piperidine rings is 1. The average Bonchev–Trinajstić information content (AvgIpc) is 2.48. The van der Waals surface area contributed by atoms with E-state index in [2.05, 4.69) is 17.2 Å². The summed E-state index contributed by atoms with van der Waals surface area (Å²) in [6.07, 6.45) is 3.05. The summed E-state index contributed by atoms with van der Waals surface area (Å²) < 4.78 is 0. The zero-order valence-corrected chi connectivity index (χ0v) is 12.2. The van der Waals surface area contributed by atoms with Gasteiger partial charge in [-0.2, -0.15) is 0 Å². The summed E-state index contributed by atoms with van der Waals surface area (Å²) in [6.45, 7) is 6.09. The van der Waals surface area contributed by atoms with Gasteiger partial charge in [0.2, 0.25) is 0 Å². The highest BCUT2D eigenvalue weighted by Crippen LogP contribution is 2.19. The lowest BCUT2D eigenvalue weighted by atomic mass is 9.95. The fourth-order valence-corrected chi connectivity index (χ4v) is 2.29. The molecule has 0 saturated carbocycles. The number of aromatic nitrogens is 1. The molecule has 2 atom stereocenters. The van der Waals surface area contributed by atoms with Gasteiger partial charge in [0, 0.05) is 25.8 Å². The summed E-state index contributed by atoms with van der Waals surface area (Å²) in [5.41, 5.74) is 0.578. The molecule has 5 heteroatoms. The number of aliphatic hydroxyl groups is 1. The molecule has 1 aliphatic heterocycles. The van der Waals surface area contributed by atoms with Gasteiger partial charge < -0.3 is 15.3 Å². The van der Waals surface area contributed by atoms with Gasteiger partial charge in [-0.3, -0.25) is 4.79 Å². The molecular weight excluding hydrogens is 254 g/mol. The predicted molar refractivity (Wildman–Crippen MR) is 78.7 cm³/mol. The number of carbonyl (C=O) groups is 1. The average molecular weight is 277 g/mol. The van der Waals surface area contributed by atoms with E-state index in [0.717, 1.165) is 25.2 Å². The van der Waals surface area contributed by atoms with Gasteiger partial charge in [0.15, 0.2) is 0 Å². The van der Waals surface area contributed by atoms with Crippen LogP contribution in [0.2, 0.25) is 0 Å². The smallest absolute Gasteiger partial charge is 0.255 e. The number of nitrogens with zero attached hydrogens (tertiary/aromatic N) is 2. The number of anilines is 1. The molecule has 2 heterocycles. The highest BCUT2D eigenvalue weighted by atomic mass is 16.3. The molecule has 0 aromatic carbocycles. The summed E-state index contributed by atoms with van der Waals surface area (Å²) in [4.78, 5) is 18.3. The zero-order chi connectivity index (χ0) is 14.5. The van der Waals surface area contributed by atoms with E-state index >= 15 is 0 Å². The lowest BCUT2D eigenvalue weighted by molar-refractivity contribution is 0.0248. The molecule has 0 aliphatic carbocycles. The number of rotatable bonds is 4. The lowest BCUT2D eigenvalue weighted by Gasteiger charge is -2.34. The Morgan fingerprint density at radius 1 is 1.55 bits per heavy atom. The molecule has 1 aromatic heterocycles. The maximum atomic E-state index is 12.3. The topological polar surface area (TPSA) is 65.5 Å². The maximum Gasteiger partial charge on any atom is 0.255 e. The minimum atomic E-state index is -0.425. The van der Waals surface area contributed by atoms with Crippen molar-refractivity contribution < 1.29 is 9.90 Å². The van der Waals surface area contributed by atoms with Crippen LogP contribution in [-0.2, 0) is 0 Å². The SMILES string of the molecule is CCCNc1ccc(C(=O)N2CCC(C)C(O)C2)cn1. The maximum absolute atomic E-state index is 12.3. The third kappa shape index (κ3) is 3.48. The van der Waals surface area contributed by atoms with Crippen LogP contribution in [0.3, 0.4) is 0 Å². The minimum Gasteiger partial charge on any atom is -0.391 e. The molecule has 110 valence electrons. The molecule has 5 nitrogen and oxygen atoms in total. The summed E-state index contributed by atoms with van der Waals surface area (Å²) >= 11 is 0. The van der Waals surface area contributed by atoms with Crippen molar-refractivity contribution in [3.8, 4) is 0 Å². The number of aliphatic hydroxyl groups excluding tert-OH is 1. The Bertz CT molecular complexity index is 447. The minimum absolute atomic E-state index is 0.0505. The molecule has 2 unspecified atom stereocenters. The van der Waals surface area contributed by atoms with E-state index in [0.29, 0.717) is 18.7 Å². The molecule has 2 N–H and O–H groups in total. The highest BCUT2D eigenvalue weighted by Gasteiger charge is 2.27. The fraction of sp³-hybridized carbons (Fsp3) is 0.600. The molecule has 0 bridgehead atoms. The van der Waals surface area contributed by atoms with Gasteiger partial charge in [0.25, 0.3) is 5.91 Å². The van der Waals surface area contributed by atoms with Crippen molar-refractivity contribution in [3.05, 3.63) is 23.9 Å². The quantitative estimate of drug-likeness (QED) is 0.880. The lowest BCUT2D eigenvalue weighted by Crippen LogP contribution is -2.45. The van der Waals surface area contributed by atoms with Crippen molar-refractivity contribution in [2.24, 2.45) is 5.92 Å². The van der Waals surface area contributed by atoms with Gasteiger partial charge in [-0.15, -0.1) is 0 Å². The number of carbonyl (C=O) groups excluding carboxylic acids is 1. The normalized spacial score (nSPS) is 22.6. The van der Waals surface area contributed by atoms with Crippen molar-refractivity contribution in [3.63, 3.8) is 0 Å². The molecule has 1 aromatic rings. The Balaban J connectivity index is 1.98. The Kier molecular flexibility index (Phi) is 4.95. The van der Waals surface area contributed by atoms with Crippen LogP contribution in [0.4, 0.5) is 5.82 Å². The first-order chi connectivity index (χ1) is 9.61. The Morgan fingerprint density at radius 3 is 2.95 bits per heavy atom. The third-order valence-electron chi connectivity index (χ3n) is 3.77. The Morgan fingerprint density at radius 2 is 2.35 bits per heavy atom. The van der Waals surface area contributed by atoms with Gasteiger partial charge in [-0.1, -0.05) is 13.8 Å². The number of hydrogen-bond donors (Lipinski definition) is 2. The zero-order valence-electron chi connectivity index (χ0n) is 12.2. The number of nitrogens with one attached hydrogen (secondary N) is 1. The van der Waals surface area contributed by atoms with Crippen LogP contribution in [-0.4, -0.2) is 46.6 Å². The summed E-state index contributed by atoms with van der Waals surface area (Å²) in [7, 11) is 0. The Labute approximate surface area is 120 Å². The summed E-state index contributed by atoms with van der Waals surface area (Å²) in [5, 5.41) is 13.0. The van der Waals surface area contributed by atoms with Gasteiger partial charge in [-0.05, 0) is 30.9 Å². The number of hydrogen-bond acceptors (Lipinski definition) is 4. The molecule has 0 radical (unpaired) electrons. The molecule has 2 rings (SSSR count). The molecule has 1 amide bonds. The number of β-amino-alcohol motifs (C(OH)–C–C–N with tert-alkyl or cyclic N) is 1. The van der Waals surface area contributed by atoms with Crippen molar-refractivity contribution in [1.82, 2.24) is 9.88 Å². The Hall–Kier alpha value is -1.62. The summed E-state index contributed by atoms with van der Waals surface area (Å²) in [5.74, 6) is 0.999. The van der Waals surface area contributed by atoms with Crippen LogP contribution in [0.25, 0.3) is 0 Å². The van der Waals surface area contributed by atoms with Crippen LogP contribution >= 0.6 is 0 Å². The molecule has 1 aliphatic rings. The van der Waals surface area contributed by atoms with Crippen LogP contribution in [0, 0.1) is 5.92 Å². The van der Waals surface area contributed by atoms with E-state index in [1.54, 1.807) is 17.2 Å². The first kappa shape index (κ1) is 14.8. The van der Waals surface area contributed by atoms with Gasteiger partial charge in [0.05, 0.1) is 11.7 Å². The molecule has 1 saturated heterocycles. The first-order valence-electron chi connectivity index (χ1n) is 7.29. The standard InChI is InChI=1S/C15H23N3O2/c1-3-7-16-14-5-4-12(9-17-14)15(20)18-8-6-11(2)13(19)10-18/h4-5,9,11,13,19H,3,6-8,10H2,1-2H3,(H,16,17). The van der Waals surface area contributed by atoms with Crippen LogP contribution in [0.1, 0.15) is 37.0 Å². The molecule has 0 spiro atoms. The largest absolute Gasteiger partial charge is 0.391 e. The van der Waals surface area contributed by atoms with E-state index in [9.17, 15) is 9.90 Å². The molecule has 1 fully saturated rings. The monoisotopic (exact) mass is 277 g/mol. The van der Waals surface area contributed by atoms with E-state index in [1.807, 2.05) is 13.0 Å². The van der Waals surface area contributed by atoms with Crippen molar-refractivity contribution in [2.45, 2.75) is 32.8 Å². The number of amides is 1. The second kappa shape index (κ2) is 6.70. The third-order valence-corrected chi connectivity index (χ3v) is 3.77. The van der Waals surface area contributed by atoms with Crippen molar-refractivity contribution in [2.75, 3.05) is 25.0 Å². The van der Waals surface area contributed by atoms with Crippen LogP contribution in [0.15, 0.2) is 18.3 Å². The van der Waals surface area contributed by atoms with Crippen LogP contribution < -0.4 is 5.32 Å². The molecule has 20 heavy (non-hydrogen) atoms. The van der Waals surface area contributed by atoms with E-state index in [-0.39, 0.29) is 11.8 Å². The van der Waals surface area contributed by atoms with Gasteiger partial charge >= 0.3 is 0 Å². The van der Waals surface area contributed by atoms with Crippen molar-refractivity contribution >= 4 is 11.7 Å². The first-order valence-corrected chi connectivity index (χ1v) is 7.29. The fourth-order valence-electron chi connectivity index (χ4n) is 2.29. The summed E-state index contributed by atoms with van der Waals surface area (Å²) in [6, 6.07) is 3.61. The second-order valence-electron chi connectivity index (χ2n) is 5.44. The van der Waals surface area contributed by atoms with E-state index < -0.39 is 6.10 Å².